The van der Waals surface area contributed by atoms with Crippen LogP contribution in [-0.4, -0.2) is 0 Å². The molecule has 2 unspecified atom stereocenters. The van der Waals surface area contributed by atoms with Crippen molar-refractivity contribution in [1.29, 1.82) is 0 Å². The molecule has 1 aromatic carbocycles. The Balaban J connectivity index is 2.39. The van der Waals surface area contributed by atoms with Gasteiger partial charge in [-0.15, -0.1) is 0 Å². The third-order valence-corrected chi connectivity index (χ3v) is 5.19. The molecule has 1 aliphatic carbocycles. The number of rotatable bonds is 5. The van der Waals surface area contributed by atoms with Crippen molar-refractivity contribution < 1.29 is 0 Å². The van der Waals surface area contributed by atoms with Crippen LogP contribution in [0.3, 0.4) is 0 Å². The predicted molar refractivity (Wildman–Crippen MR) is 98.0 cm³/mol. The number of hydrogen-bond acceptors (Lipinski definition) is 0. The molecule has 0 aromatic heterocycles. The molecular weight excluding hydrogens is 264 g/mol. The summed E-state index contributed by atoms with van der Waals surface area (Å²) in [5.41, 5.74) is 4.73. The van der Waals surface area contributed by atoms with E-state index in [-0.39, 0.29) is 10.8 Å². The van der Waals surface area contributed by atoms with Gasteiger partial charge in [0.1, 0.15) is 0 Å². The van der Waals surface area contributed by atoms with Crippen molar-refractivity contribution in [2.45, 2.75) is 52.9 Å². The molecule has 0 saturated carbocycles. The molecule has 0 heteroatoms. The van der Waals surface area contributed by atoms with Crippen molar-refractivity contribution in [3.05, 3.63) is 71.8 Å². The Morgan fingerprint density at radius 1 is 1.27 bits per heavy atom. The summed E-state index contributed by atoms with van der Waals surface area (Å²) >= 11 is 0. The second kappa shape index (κ2) is 6.28. The van der Waals surface area contributed by atoms with E-state index in [9.17, 15) is 0 Å². The second-order valence-corrected chi connectivity index (χ2v) is 7.67. The van der Waals surface area contributed by atoms with Gasteiger partial charge in [-0.05, 0) is 53.2 Å². The van der Waals surface area contributed by atoms with Gasteiger partial charge in [-0.2, -0.15) is 0 Å². The standard InChI is InChI=1S/C22H30/c1-7-12-20-19(8-2)17(3)15-22(20,6)16-21(4,5)18-13-10-9-11-14-18/h7-14,17H,2,15-16H2,1,3-6H3/b12-7-. The largest absolute Gasteiger partial charge is 0.0988 e. The zero-order valence-electron chi connectivity index (χ0n) is 14.8. The minimum atomic E-state index is 0.166. The van der Waals surface area contributed by atoms with E-state index < -0.39 is 0 Å². The van der Waals surface area contributed by atoms with Crippen LogP contribution in [0.15, 0.2) is 66.3 Å². The molecule has 1 aromatic rings. The summed E-state index contributed by atoms with van der Waals surface area (Å²) < 4.78 is 0. The second-order valence-electron chi connectivity index (χ2n) is 7.67. The fraction of sp³-hybridized carbons (Fsp3) is 0.455. The van der Waals surface area contributed by atoms with Gasteiger partial charge in [0.25, 0.3) is 0 Å². The van der Waals surface area contributed by atoms with Gasteiger partial charge < -0.3 is 0 Å². The summed E-state index contributed by atoms with van der Waals surface area (Å²) in [5, 5.41) is 0. The van der Waals surface area contributed by atoms with Gasteiger partial charge in [0.15, 0.2) is 0 Å². The first-order chi connectivity index (χ1) is 10.3. The molecule has 2 atom stereocenters. The van der Waals surface area contributed by atoms with Crippen molar-refractivity contribution in [3.8, 4) is 0 Å². The average Bonchev–Trinajstić information content (AvgIpc) is 2.70. The van der Waals surface area contributed by atoms with Crippen molar-refractivity contribution in [2.75, 3.05) is 0 Å². The smallest absolute Gasteiger partial charge is 0.00586 e. The van der Waals surface area contributed by atoms with Gasteiger partial charge in [0.05, 0.1) is 0 Å². The van der Waals surface area contributed by atoms with Crippen LogP contribution in [0.2, 0.25) is 0 Å². The van der Waals surface area contributed by atoms with Gasteiger partial charge in [-0.1, -0.05) is 82.8 Å². The number of hydrogen-bond donors (Lipinski definition) is 0. The minimum Gasteiger partial charge on any atom is -0.0988 e. The van der Waals surface area contributed by atoms with Gasteiger partial charge >= 0.3 is 0 Å². The number of benzene rings is 1. The topological polar surface area (TPSA) is 0 Å². The van der Waals surface area contributed by atoms with Crippen LogP contribution in [0.25, 0.3) is 0 Å². The van der Waals surface area contributed by atoms with Crippen LogP contribution in [0, 0.1) is 11.3 Å². The quantitative estimate of drug-likeness (QED) is 0.584. The van der Waals surface area contributed by atoms with Crippen molar-refractivity contribution in [1.82, 2.24) is 0 Å². The third-order valence-electron chi connectivity index (χ3n) is 5.19. The van der Waals surface area contributed by atoms with Gasteiger partial charge in [-0.25, -0.2) is 0 Å². The van der Waals surface area contributed by atoms with Crippen molar-refractivity contribution in [2.24, 2.45) is 11.3 Å². The molecule has 0 aliphatic heterocycles. The van der Waals surface area contributed by atoms with E-state index in [2.05, 4.69) is 89.8 Å². The molecular formula is C22H30. The predicted octanol–water partition coefficient (Wildman–Crippen LogP) is 6.46. The molecule has 2 rings (SSSR count). The first-order valence-corrected chi connectivity index (χ1v) is 8.39. The molecule has 0 fully saturated rings. The Hall–Kier alpha value is -1.56. The Morgan fingerprint density at radius 3 is 2.45 bits per heavy atom. The zero-order chi connectivity index (χ0) is 16.4. The first-order valence-electron chi connectivity index (χ1n) is 8.39. The summed E-state index contributed by atoms with van der Waals surface area (Å²) in [5.74, 6) is 0.597. The van der Waals surface area contributed by atoms with E-state index in [4.69, 9.17) is 0 Å². The van der Waals surface area contributed by atoms with E-state index in [1.54, 1.807) is 0 Å². The lowest BCUT2D eigenvalue weighted by molar-refractivity contribution is 0.265. The Morgan fingerprint density at radius 2 is 1.91 bits per heavy atom. The minimum absolute atomic E-state index is 0.166. The highest BCUT2D eigenvalue weighted by Crippen LogP contribution is 2.53. The normalized spacial score (nSPS) is 26.0. The third kappa shape index (κ3) is 3.11. The lowest BCUT2D eigenvalue weighted by Gasteiger charge is -2.37. The van der Waals surface area contributed by atoms with Crippen LogP contribution in [0.4, 0.5) is 0 Å². The SMILES string of the molecule is C=CC1=C(/C=C\C)C(C)(CC(C)(C)c2ccccc2)CC1C. The Bertz CT molecular complexity index is 586. The van der Waals surface area contributed by atoms with Crippen LogP contribution in [0.5, 0.6) is 0 Å². The highest BCUT2D eigenvalue weighted by Gasteiger charge is 2.42. The van der Waals surface area contributed by atoms with Crippen LogP contribution in [-0.2, 0) is 5.41 Å². The highest BCUT2D eigenvalue weighted by molar-refractivity contribution is 5.43. The van der Waals surface area contributed by atoms with Gasteiger partial charge in [0.2, 0.25) is 0 Å². The molecule has 0 N–H and O–H groups in total. The maximum atomic E-state index is 4.05. The Labute approximate surface area is 136 Å². The van der Waals surface area contributed by atoms with E-state index in [1.165, 1.54) is 23.1 Å². The van der Waals surface area contributed by atoms with E-state index in [1.807, 2.05) is 0 Å². The summed E-state index contributed by atoms with van der Waals surface area (Å²) in [6.07, 6.45) is 8.92. The van der Waals surface area contributed by atoms with Crippen LogP contribution in [0.1, 0.15) is 53.0 Å². The average molecular weight is 294 g/mol. The summed E-state index contributed by atoms with van der Waals surface area (Å²) in [4.78, 5) is 0. The van der Waals surface area contributed by atoms with Crippen LogP contribution < -0.4 is 0 Å². The van der Waals surface area contributed by atoms with Crippen molar-refractivity contribution in [3.63, 3.8) is 0 Å². The van der Waals surface area contributed by atoms with E-state index in [0.29, 0.717) is 5.92 Å². The molecule has 0 heterocycles. The van der Waals surface area contributed by atoms with E-state index >= 15 is 0 Å². The fourth-order valence-corrected chi connectivity index (χ4v) is 4.42. The molecule has 0 spiro atoms. The molecule has 0 saturated heterocycles. The summed E-state index contributed by atoms with van der Waals surface area (Å²) in [6, 6.07) is 10.9. The first kappa shape index (κ1) is 16.8. The maximum absolute atomic E-state index is 4.05. The molecule has 1 aliphatic rings. The maximum Gasteiger partial charge on any atom is -0.00586 e. The lowest BCUT2D eigenvalue weighted by atomic mass is 9.67. The lowest BCUT2D eigenvalue weighted by Crippen LogP contribution is -2.28. The van der Waals surface area contributed by atoms with Crippen LogP contribution >= 0.6 is 0 Å². The summed E-state index contributed by atoms with van der Waals surface area (Å²) in [6.45, 7) is 15.7. The van der Waals surface area contributed by atoms with Gasteiger partial charge in [-0.3, -0.25) is 0 Å². The summed E-state index contributed by atoms with van der Waals surface area (Å²) in [7, 11) is 0. The molecule has 0 bridgehead atoms. The molecule has 0 radical (unpaired) electrons. The molecule has 22 heavy (non-hydrogen) atoms. The zero-order valence-corrected chi connectivity index (χ0v) is 14.8. The van der Waals surface area contributed by atoms with Crippen molar-refractivity contribution >= 4 is 0 Å². The monoisotopic (exact) mass is 294 g/mol. The van der Waals surface area contributed by atoms with Gasteiger partial charge in [0, 0.05) is 0 Å². The molecule has 118 valence electrons. The molecule has 0 amide bonds. The highest BCUT2D eigenvalue weighted by atomic mass is 14.5. The fourth-order valence-electron chi connectivity index (χ4n) is 4.42. The molecule has 0 nitrogen and oxygen atoms in total. The van der Waals surface area contributed by atoms with E-state index in [0.717, 1.165) is 6.42 Å². The Kier molecular flexibility index (Phi) is 4.80. The number of allylic oxidation sites excluding steroid dienone is 5.